The lowest BCUT2D eigenvalue weighted by Gasteiger charge is -2.46. The number of pyridine rings is 1. The van der Waals surface area contributed by atoms with Crippen LogP contribution in [0.15, 0.2) is 36.4 Å². The van der Waals surface area contributed by atoms with Crippen molar-refractivity contribution >= 4 is 17.2 Å². The first-order valence-corrected chi connectivity index (χ1v) is 8.62. The van der Waals surface area contributed by atoms with Gasteiger partial charge in [0.15, 0.2) is 5.82 Å². The van der Waals surface area contributed by atoms with E-state index in [9.17, 15) is 13.2 Å². The number of aryl methyl sites for hydroxylation is 1. The SMILES string of the molecule is Cc1ccc2c(n1)N1CCCCC1CN2c1ccc(C(F)(F)F)cc1. The van der Waals surface area contributed by atoms with Crippen molar-refractivity contribution in [3.8, 4) is 0 Å². The molecule has 25 heavy (non-hydrogen) atoms. The van der Waals surface area contributed by atoms with Gasteiger partial charge >= 0.3 is 6.18 Å². The Kier molecular flexibility index (Phi) is 3.85. The fourth-order valence-corrected chi connectivity index (χ4v) is 3.81. The molecule has 0 N–H and O–H groups in total. The highest BCUT2D eigenvalue weighted by molar-refractivity contribution is 5.77. The van der Waals surface area contributed by atoms with E-state index in [0.717, 1.165) is 61.0 Å². The van der Waals surface area contributed by atoms with Crippen LogP contribution in [0, 0.1) is 6.92 Å². The molecule has 0 amide bonds. The minimum absolute atomic E-state index is 0.359. The second-order valence-electron chi connectivity index (χ2n) is 6.79. The van der Waals surface area contributed by atoms with E-state index in [2.05, 4.69) is 9.80 Å². The highest BCUT2D eigenvalue weighted by atomic mass is 19.4. The van der Waals surface area contributed by atoms with Crippen molar-refractivity contribution in [1.82, 2.24) is 4.98 Å². The zero-order chi connectivity index (χ0) is 17.6. The number of hydrogen-bond donors (Lipinski definition) is 0. The lowest BCUT2D eigenvalue weighted by Crippen LogP contribution is -2.50. The van der Waals surface area contributed by atoms with Crippen LogP contribution in [-0.2, 0) is 6.18 Å². The van der Waals surface area contributed by atoms with Crippen molar-refractivity contribution in [1.29, 1.82) is 0 Å². The number of aromatic nitrogens is 1. The molecule has 6 heteroatoms. The molecule has 2 aliphatic rings. The molecule has 3 nitrogen and oxygen atoms in total. The molecule has 1 atom stereocenters. The highest BCUT2D eigenvalue weighted by Gasteiger charge is 2.35. The van der Waals surface area contributed by atoms with Gasteiger partial charge in [-0.1, -0.05) is 0 Å². The summed E-state index contributed by atoms with van der Waals surface area (Å²) < 4.78 is 38.5. The average Bonchev–Trinajstić information content (AvgIpc) is 2.60. The molecule has 1 unspecified atom stereocenters. The van der Waals surface area contributed by atoms with Crippen molar-refractivity contribution in [3.05, 3.63) is 47.7 Å². The lowest BCUT2D eigenvalue weighted by molar-refractivity contribution is -0.137. The lowest BCUT2D eigenvalue weighted by atomic mass is 9.98. The van der Waals surface area contributed by atoms with Gasteiger partial charge in [-0.2, -0.15) is 13.2 Å². The summed E-state index contributed by atoms with van der Waals surface area (Å²) >= 11 is 0. The molecule has 1 aromatic heterocycles. The summed E-state index contributed by atoms with van der Waals surface area (Å²) in [5, 5.41) is 0. The molecule has 0 bridgehead atoms. The summed E-state index contributed by atoms with van der Waals surface area (Å²) in [6, 6.07) is 9.78. The molecule has 2 aliphatic heterocycles. The summed E-state index contributed by atoms with van der Waals surface area (Å²) in [5.74, 6) is 0.954. The molecule has 0 radical (unpaired) electrons. The summed E-state index contributed by atoms with van der Waals surface area (Å²) in [4.78, 5) is 9.21. The predicted molar refractivity (Wildman–Crippen MR) is 92.4 cm³/mol. The minimum Gasteiger partial charge on any atom is -0.350 e. The number of anilines is 3. The molecular formula is C19H20F3N3. The fraction of sp³-hybridized carbons (Fsp3) is 0.421. The van der Waals surface area contributed by atoms with Crippen LogP contribution in [-0.4, -0.2) is 24.1 Å². The van der Waals surface area contributed by atoms with Gasteiger partial charge in [0.2, 0.25) is 0 Å². The molecule has 0 saturated carbocycles. The van der Waals surface area contributed by atoms with Crippen LogP contribution < -0.4 is 9.80 Å². The Morgan fingerprint density at radius 3 is 2.52 bits per heavy atom. The molecule has 0 aliphatic carbocycles. The summed E-state index contributed by atoms with van der Waals surface area (Å²) in [5.41, 5.74) is 2.10. The van der Waals surface area contributed by atoms with E-state index in [-0.39, 0.29) is 0 Å². The monoisotopic (exact) mass is 347 g/mol. The van der Waals surface area contributed by atoms with E-state index in [1.54, 1.807) is 12.1 Å². The van der Waals surface area contributed by atoms with E-state index in [1.165, 1.54) is 6.42 Å². The standard InChI is InChI=1S/C19H20F3N3/c1-13-5-10-17-18(23-13)24-11-3-2-4-16(24)12-25(17)15-8-6-14(7-9-15)19(20,21)22/h5-10,16H,2-4,11-12H2,1H3. The maximum Gasteiger partial charge on any atom is 0.416 e. The highest BCUT2D eigenvalue weighted by Crippen LogP contribution is 2.41. The summed E-state index contributed by atoms with van der Waals surface area (Å²) in [6.07, 6.45) is -0.877. The van der Waals surface area contributed by atoms with Gasteiger partial charge in [0, 0.05) is 30.5 Å². The number of alkyl halides is 3. The first-order chi connectivity index (χ1) is 11.9. The van der Waals surface area contributed by atoms with Crippen molar-refractivity contribution in [2.45, 2.75) is 38.4 Å². The number of fused-ring (bicyclic) bond motifs is 3. The summed E-state index contributed by atoms with van der Waals surface area (Å²) in [7, 11) is 0. The topological polar surface area (TPSA) is 19.4 Å². The quantitative estimate of drug-likeness (QED) is 0.730. The third kappa shape index (κ3) is 2.94. The van der Waals surface area contributed by atoms with Crippen LogP contribution in [0.1, 0.15) is 30.5 Å². The van der Waals surface area contributed by atoms with Crippen LogP contribution in [0.3, 0.4) is 0 Å². The van der Waals surface area contributed by atoms with Gasteiger partial charge in [-0.05, 0) is 62.6 Å². The Morgan fingerprint density at radius 2 is 1.80 bits per heavy atom. The number of halogens is 3. The van der Waals surface area contributed by atoms with Gasteiger partial charge in [-0.15, -0.1) is 0 Å². The van der Waals surface area contributed by atoms with Gasteiger partial charge < -0.3 is 9.80 Å². The van der Waals surface area contributed by atoms with Crippen molar-refractivity contribution in [2.75, 3.05) is 22.9 Å². The molecule has 132 valence electrons. The maximum absolute atomic E-state index is 12.8. The smallest absolute Gasteiger partial charge is 0.350 e. The molecule has 1 fully saturated rings. The normalized spacial score (nSPS) is 20.2. The maximum atomic E-state index is 12.8. The van der Waals surface area contributed by atoms with Crippen LogP contribution >= 0.6 is 0 Å². The average molecular weight is 347 g/mol. The van der Waals surface area contributed by atoms with Crippen LogP contribution in [0.2, 0.25) is 0 Å². The Labute approximate surface area is 145 Å². The second kappa shape index (κ2) is 5.93. The van der Waals surface area contributed by atoms with E-state index < -0.39 is 11.7 Å². The Hall–Kier alpha value is -2.24. The fourth-order valence-electron chi connectivity index (χ4n) is 3.81. The zero-order valence-corrected chi connectivity index (χ0v) is 14.1. The molecule has 1 aromatic carbocycles. The van der Waals surface area contributed by atoms with Gasteiger partial charge in [0.05, 0.1) is 11.3 Å². The summed E-state index contributed by atoms with van der Waals surface area (Å²) in [6.45, 7) is 3.74. The van der Waals surface area contributed by atoms with Crippen LogP contribution in [0.25, 0.3) is 0 Å². The molecule has 2 aromatic rings. The largest absolute Gasteiger partial charge is 0.416 e. The number of piperidine rings is 1. The van der Waals surface area contributed by atoms with Crippen molar-refractivity contribution in [3.63, 3.8) is 0 Å². The van der Waals surface area contributed by atoms with E-state index >= 15 is 0 Å². The van der Waals surface area contributed by atoms with E-state index in [4.69, 9.17) is 4.98 Å². The number of hydrogen-bond acceptors (Lipinski definition) is 3. The van der Waals surface area contributed by atoms with E-state index in [1.807, 2.05) is 19.1 Å². The third-order valence-corrected chi connectivity index (χ3v) is 5.08. The molecule has 0 spiro atoms. The van der Waals surface area contributed by atoms with Crippen LogP contribution in [0.5, 0.6) is 0 Å². The first kappa shape index (κ1) is 16.2. The number of benzene rings is 1. The predicted octanol–water partition coefficient (Wildman–Crippen LogP) is 4.92. The van der Waals surface area contributed by atoms with Gasteiger partial charge in [-0.25, -0.2) is 4.98 Å². The Balaban J connectivity index is 1.74. The van der Waals surface area contributed by atoms with Crippen molar-refractivity contribution in [2.24, 2.45) is 0 Å². The number of rotatable bonds is 1. The van der Waals surface area contributed by atoms with E-state index in [0.29, 0.717) is 6.04 Å². The molecule has 4 rings (SSSR count). The first-order valence-electron chi connectivity index (χ1n) is 8.62. The van der Waals surface area contributed by atoms with Gasteiger partial charge in [-0.3, -0.25) is 0 Å². The third-order valence-electron chi connectivity index (χ3n) is 5.08. The Bertz CT molecular complexity index is 770. The van der Waals surface area contributed by atoms with Gasteiger partial charge in [0.1, 0.15) is 0 Å². The molecular weight excluding hydrogens is 327 g/mol. The zero-order valence-electron chi connectivity index (χ0n) is 14.1. The second-order valence-corrected chi connectivity index (χ2v) is 6.79. The Morgan fingerprint density at radius 1 is 1.04 bits per heavy atom. The van der Waals surface area contributed by atoms with Crippen molar-refractivity contribution < 1.29 is 13.2 Å². The molecule has 3 heterocycles. The van der Waals surface area contributed by atoms with Crippen LogP contribution in [0.4, 0.5) is 30.4 Å². The molecule has 1 saturated heterocycles. The van der Waals surface area contributed by atoms with Gasteiger partial charge in [0.25, 0.3) is 0 Å². The number of nitrogens with zero attached hydrogens (tertiary/aromatic N) is 3. The minimum atomic E-state index is -4.31.